The average Bonchev–Trinajstić information content (AvgIpc) is 3.53. The number of aromatic nitrogens is 3. The number of hydrogen-bond donors (Lipinski definition) is 4. The van der Waals surface area contributed by atoms with Crippen molar-refractivity contribution in [1.82, 2.24) is 30.1 Å². The van der Waals surface area contributed by atoms with Crippen LogP contribution in [0.1, 0.15) is 41.2 Å². The van der Waals surface area contributed by atoms with Crippen LogP contribution in [0.3, 0.4) is 0 Å². The molecular weight excluding hydrogens is 484 g/mol. The number of pyridine rings is 2. The van der Waals surface area contributed by atoms with Crippen LogP contribution in [-0.2, 0) is 33.0 Å². The number of hydrazine groups is 2. The summed E-state index contributed by atoms with van der Waals surface area (Å²) in [7, 11) is 3.51. The van der Waals surface area contributed by atoms with E-state index in [9.17, 15) is 14.7 Å². The quantitative estimate of drug-likeness (QED) is 0.405. The molecule has 1 aliphatic carbocycles. The van der Waals surface area contributed by atoms with Gasteiger partial charge in [0.1, 0.15) is 23.0 Å². The Bertz CT molecular complexity index is 1550. The molecule has 0 saturated carbocycles. The van der Waals surface area contributed by atoms with Gasteiger partial charge in [-0.1, -0.05) is 13.8 Å². The van der Waals surface area contributed by atoms with Gasteiger partial charge in [0.05, 0.1) is 12.8 Å². The Morgan fingerprint density at radius 2 is 1.97 bits per heavy atom. The van der Waals surface area contributed by atoms with Crippen molar-refractivity contribution in [3.63, 3.8) is 0 Å². The van der Waals surface area contributed by atoms with E-state index >= 15 is 0 Å². The number of aryl methyl sites for hydroxylation is 1. The molecule has 0 aromatic carbocycles. The molecule has 11 heteroatoms. The van der Waals surface area contributed by atoms with Gasteiger partial charge in [-0.2, -0.15) is 0 Å². The summed E-state index contributed by atoms with van der Waals surface area (Å²) in [6.45, 7) is 5.37. The van der Waals surface area contributed by atoms with Crippen molar-refractivity contribution < 1.29 is 9.90 Å². The van der Waals surface area contributed by atoms with Crippen LogP contribution in [0, 0.1) is 5.41 Å². The lowest BCUT2D eigenvalue weighted by Gasteiger charge is -2.31. The number of fused-ring (bicyclic) bond motifs is 3. The van der Waals surface area contributed by atoms with Crippen LogP contribution in [0.2, 0.25) is 0 Å². The Balaban J connectivity index is 1.37. The number of amides is 1. The highest BCUT2D eigenvalue weighted by atomic mass is 16.3. The molecule has 4 N–H and O–H groups in total. The van der Waals surface area contributed by atoms with Crippen molar-refractivity contribution in [2.75, 3.05) is 23.8 Å². The van der Waals surface area contributed by atoms with E-state index in [0.717, 1.165) is 18.4 Å². The summed E-state index contributed by atoms with van der Waals surface area (Å²) in [5, 5.41) is 15.3. The number of carbonyl (C=O) groups excluding carboxylic acids is 1. The van der Waals surface area contributed by atoms with E-state index in [1.807, 2.05) is 13.1 Å². The molecule has 1 amide bonds. The lowest BCUT2D eigenvalue weighted by atomic mass is 9.90. The molecule has 0 unspecified atom stereocenters. The molecule has 2 aliphatic heterocycles. The van der Waals surface area contributed by atoms with Gasteiger partial charge in [-0.05, 0) is 47.6 Å². The zero-order chi connectivity index (χ0) is 26.8. The molecule has 198 valence electrons. The van der Waals surface area contributed by atoms with Crippen LogP contribution in [0.5, 0.6) is 0 Å². The zero-order valence-corrected chi connectivity index (χ0v) is 22.0. The maximum Gasteiger partial charge on any atom is 0.276 e. The number of nitrogens with one attached hydrogen (secondary N) is 3. The van der Waals surface area contributed by atoms with E-state index in [1.165, 1.54) is 15.8 Å². The largest absolute Gasteiger partial charge is 0.392 e. The van der Waals surface area contributed by atoms with Crippen LogP contribution in [0.15, 0.2) is 47.4 Å². The van der Waals surface area contributed by atoms with Gasteiger partial charge in [-0.25, -0.2) is 4.98 Å². The second-order valence-electron chi connectivity index (χ2n) is 11.0. The van der Waals surface area contributed by atoms with Gasteiger partial charge in [0.25, 0.3) is 11.5 Å². The molecule has 0 atom stereocenters. The zero-order valence-electron chi connectivity index (χ0n) is 22.0. The fourth-order valence-electron chi connectivity index (χ4n) is 5.82. The van der Waals surface area contributed by atoms with E-state index in [-0.39, 0.29) is 23.5 Å². The highest BCUT2D eigenvalue weighted by Crippen LogP contribution is 2.40. The van der Waals surface area contributed by atoms with E-state index in [2.05, 4.69) is 39.7 Å². The van der Waals surface area contributed by atoms with Crippen molar-refractivity contribution in [2.45, 2.75) is 39.8 Å². The molecule has 6 rings (SSSR count). The van der Waals surface area contributed by atoms with Crippen LogP contribution in [-0.4, -0.2) is 43.7 Å². The predicted molar refractivity (Wildman–Crippen MR) is 144 cm³/mol. The van der Waals surface area contributed by atoms with Gasteiger partial charge in [-0.3, -0.25) is 24.9 Å². The van der Waals surface area contributed by atoms with Crippen molar-refractivity contribution in [1.29, 1.82) is 0 Å². The Hall–Kier alpha value is -4.09. The summed E-state index contributed by atoms with van der Waals surface area (Å²) in [6.07, 6.45) is 7.08. The number of carbonyl (C=O) groups is 1. The first-order chi connectivity index (χ1) is 18.1. The molecule has 0 fully saturated rings. The van der Waals surface area contributed by atoms with Gasteiger partial charge in [0.15, 0.2) is 0 Å². The van der Waals surface area contributed by atoms with Crippen LogP contribution < -0.4 is 26.7 Å². The van der Waals surface area contributed by atoms with Crippen molar-refractivity contribution in [3.05, 3.63) is 75.5 Å². The molecule has 38 heavy (non-hydrogen) atoms. The third-order valence-electron chi connectivity index (χ3n) is 7.52. The summed E-state index contributed by atoms with van der Waals surface area (Å²) in [6, 6.07) is 5.58. The van der Waals surface area contributed by atoms with Gasteiger partial charge < -0.3 is 19.6 Å². The minimum absolute atomic E-state index is 0.110. The van der Waals surface area contributed by atoms with Gasteiger partial charge in [-0.15, -0.1) is 5.53 Å². The minimum Gasteiger partial charge on any atom is -0.392 e. The monoisotopic (exact) mass is 516 g/mol. The SMILES string of the molecule is CN1C=C(Nc2cc(-c3ccnc(N4CCn5c(cc6c5CC(C)(C)C6)C4=O)c3CO)cn(C)c2=O)NN1. The summed E-state index contributed by atoms with van der Waals surface area (Å²) in [5.74, 6) is 0.954. The number of aliphatic hydroxyl groups is 1. The van der Waals surface area contributed by atoms with E-state index in [1.54, 1.807) is 47.7 Å². The Morgan fingerprint density at radius 1 is 1.16 bits per heavy atom. The Kier molecular flexibility index (Phi) is 5.58. The average molecular weight is 517 g/mol. The number of rotatable bonds is 5. The van der Waals surface area contributed by atoms with Gasteiger partial charge in [0.2, 0.25) is 0 Å². The molecule has 11 nitrogen and oxygen atoms in total. The maximum atomic E-state index is 13.7. The Labute approximate surface area is 220 Å². The normalized spacial score (nSPS) is 17.8. The van der Waals surface area contributed by atoms with Crippen LogP contribution >= 0.6 is 0 Å². The molecule has 0 bridgehead atoms. The van der Waals surface area contributed by atoms with E-state index in [0.29, 0.717) is 47.2 Å². The first-order valence-electron chi connectivity index (χ1n) is 12.7. The lowest BCUT2D eigenvalue weighted by molar-refractivity contribution is 0.0962. The first kappa shape index (κ1) is 24.3. The molecule has 0 saturated heterocycles. The number of nitrogens with zero attached hydrogens (tertiary/aromatic N) is 5. The molecule has 3 aliphatic rings. The van der Waals surface area contributed by atoms with Crippen LogP contribution in [0.25, 0.3) is 11.1 Å². The summed E-state index contributed by atoms with van der Waals surface area (Å²) >= 11 is 0. The van der Waals surface area contributed by atoms with Crippen molar-refractivity contribution in [2.24, 2.45) is 12.5 Å². The predicted octanol–water partition coefficient (Wildman–Crippen LogP) is 1.69. The summed E-state index contributed by atoms with van der Waals surface area (Å²) in [5.41, 5.74) is 11.4. The molecule has 3 aromatic heterocycles. The summed E-state index contributed by atoms with van der Waals surface area (Å²) < 4.78 is 3.65. The van der Waals surface area contributed by atoms with E-state index < -0.39 is 0 Å². The number of aliphatic hydroxyl groups excluding tert-OH is 1. The second-order valence-corrected chi connectivity index (χ2v) is 11.0. The molecule has 0 radical (unpaired) electrons. The van der Waals surface area contributed by atoms with Crippen LogP contribution in [0.4, 0.5) is 11.5 Å². The first-order valence-corrected chi connectivity index (χ1v) is 12.7. The summed E-state index contributed by atoms with van der Waals surface area (Å²) in [4.78, 5) is 32.7. The molecule has 5 heterocycles. The highest BCUT2D eigenvalue weighted by Gasteiger charge is 2.37. The molecule has 3 aromatic rings. The molecule has 0 spiro atoms. The topological polar surface area (TPSA) is 120 Å². The van der Waals surface area contributed by atoms with Crippen molar-refractivity contribution >= 4 is 17.4 Å². The number of hydrogen-bond acceptors (Lipinski definition) is 8. The van der Waals surface area contributed by atoms with Gasteiger partial charge >= 0.3 is 0 Å². The molecular formula is C27H32N8O3. The maximum absolute atomic E-state index is 13.7. The third kappa shape index (κ3) is 3.95. The minimum atomic E-state index is -0.305. The smallest absolute Gasteiger partial charge is 0.276 e. The Morgan fingerprint density at radius 3 is 2.71 bits per heavy atom. The lowest BCUT2D eigenvalue weighted by Crippen LogP contribution is -2.41. The van der Waals surface area contributed by atoms with Gasteiger partial charge in [0, 0.05) is 56.4 Å². The third-order valence-corrected chi connectivity index (χ3v) is 7.52. The highest BCUT2D eigenvalue weighted by molar-refractivity contribution is 6.06. The fourth-order valence-corrected chi connectivity index (χ4v) is 5.82. The number of anilines is 2. The van der Waals surface area contributed by atoms with E-state index in [4.69, 9.17) is 0 Å². The van der Waals surface area contributed by atoms with Crippen molar-refractivity contribution in [3.8, 4) is 11.1 Å². The fraction of sp³-hybridized carbons (Fsp3) is 0.370. The standard InChI is InChI=1S/C27H32N8O3/c1-27(2)11-16-10-21-26(38)35(8-7-34(21)22(16)12-27)24-19(15-36)18(5-6-28-24)17-9-20(25(37)32(3)13-17)29-23-14-33(4)31-30-23/h5-6,9-10,13-14,29-31,36H,7-8,11-12,15H2,1-4H3. The second kappa shape index (κ2) is 8.74.